The van der Waals surface area contributed by atoms with E-state index in [9.17, 15) is 4.79 Å². The van der Waals surface area contributed by atoms with Crippen LogP contribution in [0.5, 0.6) is 11.5 Å². The van der Waals surface area contributed by atoms with Gasteiger partial charge in [-0.3, -0.25) is 4.79 Å². The maximum absolute atomic E-state index is 11.9. The number of rotatable bonds is 6. The van der Waals surface area contributed by atoms with Gasteiger partial charge >= 0.3 is 0 Å². The van der Waals surface area contributed by atoms with Gasteiger partial charge in [-0.25, -0.2) is 0 Å². The highest BCUT2D eigenvalue weighted by Gasteiger charge is 2.23. The van der Waals surface area contributed by atoms with Gasteiger partial charge < -0.3 is 14.8 Å². The Bertz CT molecular complexity index is 441. The fourth-order valence-corrected chi connectivity index (χ4v) is 1.51. The summed E-state index contributed by atoms with van der Waals surface area (Å²) in [5.41, 5.74) is 0.685. The minimum absolute atomic E-state index is 0.112. The predicted octanol–water partition coefficient (Wildman–Crippen LogP) is 3.60. The van der Waals surface area contributed by atoms with Gasteiger partial charge in [0.1, 0.15) is 0 Å². The zero-order valence-electron chi connectivity index (χ0n) is 11.7. The molecule has 1 amide bonds. The minimum atomic E-state index is -0.614. The molecule has 5 heteroatoms. The van der Waals surface area contributed by atoms with Gasteiger partial charge in [-0.2, -0.15) is 0 Å². The fourth-order valence-electron chi connectivity index (χ4n) is 1.41. The van der Waals surface area contributed by atoms with E-state index in [-0.39, 0.29) is 5.91 Å². The molecule has 0 aromatic heterocycles. The lowest BCUT2D eigenvalue weighted by molar-refractivity contribution is -0.117. The van der Waals surface area contributed by atoms with Gasteiger partial charge in [0.15, 0.2) is 11.5 Å². The Hall–Kier alpha value is -1.23. The van der Waals surface area contributed by atoms with Crippen molar-refractivity contribution in [1.82, 2.24) is 0 Å². The predicted molar refractivity (Wildman–Crippen MR) is 80.4 cm³/mol. The molecule has 1 aromatic carbocycles. The van der Waals surface area contributed by atoms with E-state index < -0.39 is 4.32 Å². The first-order valence-corrected chi connectivity index (χ1v) is 7.07. The molecule has 0 aliphatic rings. The summed E-state index contributed by atoms with van der Waals surface area (Å²) in [5, 5.41) is 2.83. The first kappa shape index (κ1) is 15.8. The monoisotopic (exact) mass is 329 g/mol. The van der Waals surface area contributed by atoms with Crippen molar-refractivity contribution < 1.29 is 14.3 Å². The largest absolute Gasteiger partial charge is 0.490 e. The van der Waals surface area contributed by atoms with Gasteiger partial charge in [-0.05, 0) is 39.8 Å². The molecule has 1 N–H and O–H groups in total. The molecule has 4 nitrogen and oxygen atoms in total. The summed E-state index contributed by atoms with van der Waals surface area (Å²) >= 11 is 3.32. The second kappa shape index (κ2) is 6.80. The van der Waals surface area contributed by atoms with Crippen molar-refractivity contribution in [1.29, 1.82) is 0 Å². The van der Waals surface area contributed by atoms with Crippen LogP contribution in [0, 0.1) is 0 Å². The molecule has 0 saturated heterocycles. The standard InChI is InChI=1S/C14H20BrNO3/c1-5-18-11-8-7-10(9-12(11)19-6-2)16-13(17)14(3,4)15/h7-9H,5-6H2,1-4H3,(H,16,17). The van der Waals surface area contributed by atoms with Crippen LogP contribution >= 0.6 is 15.9 Å². The molecular formula is C14H20BrNO3. The van der Waals surface area contributed by atoms with Crippen LogP contribution in [0.4, 0.5) is 5.69 Å². The second-order valence-corrected chi connectivity index (χ2v) is 6.44. The summed E-state index contributed by atoms with van der Waals surface area (Å²) < 4.78 is 10.4. The van der Waals surface area contributed by atoms with E-state index in [0.29, 0.717) is 30.4 Å². The highest BCUT2D eigenvalue weighted by molar-refractivity contribution is 9.10. The molecule has 0 atom stereocenters. The molecule has 0 fully saturated rings. The van der Waals surface area contributed by atoms with Crippen molar-refractivity contribution in [3.63, 3.8) is 0 Å². The lowest BCUT2D eigenvalue weighted by atomic mass is 10.2. The first-order chi connectivity index (χ1) is 8.88. The molecule has 19 heavy (non-hydrogen) atoms. The molecule has 0 unspecified atom stereocenters. The van der Waals surface area contributed by atoms with E-state index in [2.05, 4.69) is 21.2 Å². The lowest BCUT2D eigenvalue weighted by Crippen LogP contribution is -2.30. The van der Waals surface area contributed by atoms with Crippen molar-refractivity contribution in [2.75, 3.05) is 18.5 Å². The Morgan fingerprint density at radius 1 is 1.21 bits per heavy atom. The van der Waals surface area contributed by atoms with Gasteiger partial charge in [-0.1, -0.05) is 15.9 Å². The van der Waals surface area contributed by atoms with Gasteiger partial charge in [0, 0.05) is 11.8 Å². The summed E-state index contributed by atoms with van der Waals surface area (Å²) in [6, 6.07) is 5.36. The maximum Gasteiger partial charge on any atom is 0.240 e. The number of benzene rings is 1. The molecule has 106 valence electrons. The average Bonchev–Trinajstić information content (AvgIpc) is 2.32. The van der Waals surface area contributed by atoms with E-state index >= 15 is 0 Å². The summed E-state index contributed by atoms with van der Waals surface area (Å²) in [4.78, 5) is 11.9. The fraction of sp³-hybridized carbons (Fsp3) is 0.500. The van der Waals surface area contributed by atoms with Crippen molar-refractivity contribution in [2.45, 2.75) is 32.0 Å². The molecule has 0 aliphatic carbocycles. The van der Waals surface area contributed by atoms with Crippen molar-refractivity contribution in [3.05, 3.63) is 18.2 Å². The molecule has 0 aliphatic heterocycles. The van der Waals surface area contributed by atoms with Crippen LogP contribution in [0.1, 0.15) is 27.7 Å². The first-order valence-electron chi connectivity index (χ1n) is 6.28. The summed E-state index contributed by atoms with van der Waals surface area (Å²) in [6.45, 7) is 8.52. The van der Waals surface area contributed by atoms with E-state index in [0.717, 1.165) is 0 Å². The number of anilines is 1. The minimum Gasteiger partial charge on any atom is -0.490 e. The Morgan fingerprint density at radius 3 is 2.32 bits per heavy atom. The van der Waals surface area contributed by atoms with Crippen LogP contribution < -0.4 is 14.8 Å². The molecule has 0 radical (unpaired) electrons. The number of alkyl halides is 1. The Morgan fingerprint density at radius 2 is 1.79 bits per heavy atom. The van der Waals surface area contributed by atoms with Crippen molar-refractivity contribution >= 4 is 27.5 Å². The van der Waals surface area contributed by atoms with Crippen molar-refractivity contribution in [2.24, 2.45) is 0 Å². The summed E-state index contributed by atoms with van der Waals surface area (Å²) in [5.74, 6) is 1.20. The third kappa shape index (κ3) is 4.74. The third-order valence-corrected chi connectivity index (χ3v) is 2.70. The third-order valence-electron chi connectivity index (χ3n) is 2.34. The van der Waals surface area contributed by atoms with E-state index in [1.165, 1.54) is 0 Å². The normalized spacial score (nSPS) is 11.0. The highest BCUT2D eigenvalue weighted by atomic mass is 79.9. The van der Waals surface area contributed by atoms with Crippen LogP contribution in [0.15, 0.2) is 18.2 Å². The highest BCUT2D eigenvalue weighted by Crippen LogP contribution is 2.31. The van der Waals surface area contributed by atoms with E-state index in [1.807, 2.05) is 13.8 Å². The van der Waals surface area contributed by atoms with Crippen LogP contribution in [-0.4, -0.2) is 23.4 Å². The number of halogens is 1. The van der Waals surface area contributed by atoms with Gasteiger partial charge in [-0.15, -0.1) is 0 Å². The Kier molecular flexibility index (Phi) is 5.66. The smallest absolute Gasteiger partial charge is 0.240 e. The zero-order chi connectivity index (χ0) is 14.5. The second-order valence-electron chi connectivity index (χ2n) is 4.45. The maximum atomic E-state index is 11.9. The molecule has 0 bridgehead atoms. The molecule has 1 rings (SSSR count). The molecule has 1 aromatic rings. The van der Waals surface area contributed by atoms with Gasteiger partial charge in [0.05, 0.1) is 17.5 Å². The zero-order valence-corrected chi connectivity index (χ0v) is 13.3. The van der Waals surface area contributed by atoms with Crippen LogP contribution in [-0.2, 0) is 4.79 Å². The molecule has 0 saturated carbocycles. The molecule has 0 heterocycles. The SMILES string of the molecule is CCOc1ccc(NC(=O)C(C)(C)Br)cc1OCC. The quantitative estimate of drug-likeness (QED) is 0.811. The van der Waals surface area contributed by atoms with E-state index in [1.54, 1.807) is 32.0 Å². The van der Waals surface area contributed by atoms with Gasteiger partial charge in [0.25, 0.3) is 0 Å². The van der Waals surface area contributed by atoms with Gasteiger partial charge in [0.2, 0.25) is 5.91 Å². The lowest BCUT2D eigenvalue weighted by Gasteiger charge is -2.17. The summed E-state index contributed by atoms with van der Waals surface area (Å²) in [6.07, 6.45) is 0. The van der Waals surface area contributed by atoms with Crippen molar-refractivity contribution in [3.8, 4) is 11.5 Å². The van der Waals surface area contributed by atoms with E-state index in [4.69, 9.17) is 9.47 Å². The number of amides is 1. The topological polar surface area (TPSA) is 47.6 Å². The number of ether oxygens (including phenoxy) is 2. The van der Waals surface area contributed by atoms with Crippen LogP contribution in [0.2, 0.25) is 0 Å². The number of carbonyl (C=O) groups is 1. The number of hydrogen-bond acceptors (Lipinski definition) is 3. The molecule has 0 spiro atoms. The number of hydrogen-bond donors (Lipinski definition) is 1. The molecular weight excluding hydrogens is 310 g/mol. The number of carbonyl (C=O) groups excluding carboxylic acids is 1. The Labute approximate surface area is 122 Å². The number of nitrogens with one attached hydrogen (secondary N) is 1. The van der Waals surface area contributed by atoms with Crippen LogP contribution in [0.25, 0.3) is 0 Å². The average molecular weight is 330 g/mol. The summed E-state index contributed by atoms with van der Waals surface area (Å²) in [7, 11) is 0. The van der Waals surface area contributed by atoms with Crippen LogP contribution in [0.3, 0.4) is 0 Å². The Balaban J connectivity index is 2.92.